The Hall–Kier alpha value is -2.00. The number of hydrogen-bond acceptors (Lipinski definition) is 3. The molecule has 1 unspecified atom stereocenters. The number of ether oxygens (including phenoxy) is 2. The molecule has 0 radical (unpaired) electrons. The second kappa shape index (κ2) is 7.14. The van der Waals surface area contributed by atoms with Crippen LogP contribution in [0.25, 0.3) is 11.1 Å². The van der Waals surface area contributed by atoms with E-state index in [1.165, 1.54) is 0 Å². The van der Waals surface area contributed by atoms with E-state index < -0.39 is 0 Å². The van der Waals surface area contributed by atoms with E-state index in [2.05, 4.69) is 18.2 Å². The highest BCUT2D eigenvalue weighted by Crippen LogP contribution is 2.35. The SMILES string of the molecule is CCOc1ccc(-c2ccccc2C(C)N)cc1OCC. The van der Waals surface area contributed by atoms with Gasteiger partial charge in [0.15, 0.2) is 11.5 Å². The summed E-state index contributed by atoms with van der Waals surface area (Å²) in [5.74, 6) is 1.55. The van der Waals surface area contributed by atoms with E-state index in [1.807, 2.05) is 45.0 Å². The van der Waals surface area contributed by atoms with Crippen molar-refractivity contribution in [1.82, 2.24) is 0 Å². The lowest BCUT2D eigenvalue weighted by atomic mass is 9.96. The van der Waals surface area contributed by atoms with Gasteiger partial charge in [-0.2, -0.15) is 0 Å². The third-order valence-corrected chi connectivity index (χ3v) is 3.31. The van der Waals surface area contributed by atoms with E-state index in [0.717, 1.165) is 28.2 Å². The molecule has 2 aromatic carbocycles. The van der Waals surface area contributed by atoms with Crippen molar-refractivity contribution < 1.29 is 9.47 Å². The van der Waals surface area contributed by atoms with Gasteiger partial charge in [0.2, 0.25) is 0 Å². The van der Waals surface area contributed by atoms with Gasteiger partial charge in [-0.05, 0) is 49.6 Å². The molecule has 0 aliphatic carbocycles. The Balaban J connectivity index is 2.47. The molecule has 0 aliphatic rings. The summed E-state index contributed by atoms with van der Waals surface area (Å²) in [5.41, 5.74) is 9.43. The summed E-state index contributed by atoms with van der Waals surface area (Å²) < 4.78 is 11.3. The number of nitrogens with two attached hydrogens (primary N) is 1. The van der Waals surface area contributed by atoms with Crippen LogP contribution in [-0.4, -0.2) is 13.2 Å². The summed E-state index contributed by atoms with van der Waals surface area (Å²) in [4.78, 5) is 0. The standard InChI is InChI=1S/C18H23NO2/c1-4-20-17-11-10-14(12-18(17)21-5-2)16-9-7-6-8-15(16)13(3)19/h6-13H,4-5,19H2,1-3H3. The van der Waals surface area contributed by atoms with Crippen LogP contribution in [0.5, 0.6) is 11.5 Å². The van der Waals surface area contributed by atoms with Crippen LogP contribution < -0.4 is 15.2 Å². The van der Waals surface area contributed by atoms with Crippen LogP contribution in [0.1, 0.15) is 32.4 Å². The number of rotatable bonds is 6. The van der Waals surface area contributed by atoms with Crippen LogP contribution in [0.15, 0.2) is 42.5 Å². The van der Waals surface area contributed by atoms with Gasteiger partial charge in [0.25, 0.3) is 0 Å². The van der Waals surface area contributed by atoms with Gasteiger partial charge in [-0.1, -0.05) is 30.3 Å². The van der Waals surface area contributed by atoms with E-state index >= 15 is 0 Å². The molecule has 0 saturated carbocycles. The second-order valence-corrected chi connectivity index (χ2v) is 4.90. The van der Waals surface area contributed by atoms with E-state index in [0.29, 0.717) is 13.2 Å². The van der Waals surface area contributed by atoms with E-state index in [-0.39, 0.29) is 6.04 Å². The molecule has 3 heteroatoms. The zero-order valence-corrected chi connectivity index (χ0v) is 12.9. The van der Waals surface area contributed by atoms with Crippen LogP contribution in [0.3, 0.4) is 0 Å². The Labute approximate surface area is 126 Å². The molecule has 3 nitrogen and oxygen atoms in total. The summed E-state index contributed by atoms with van der Waals surface area (Å²) in [6.45, 7) is 7.17. The first-order valence-corrected chi connectivity index (χ1v) is 7.41. The third kappa shape index (κ3) is 3.56. The maximum atomic E-state index is 6.07. The lowest BCUT2D eigenvalue weighted by Gasteiger charge is -2.16. The average molecular weight is 285 g/mol. The van der Waals surface area contributed by atoms with Crippen molar-refractivity contribution in [2.45, 2.75) is 26.8 Å². The Bertz CT molecular complexity index is 594. The van der Waals surface area contributed by atoms with Gasteiger partial charge in [0.1, 0.15) is 0 Å². The summed E-state index contributed by atoms with van der Waals surface area (Å²) in [7, 11) is 0. The van der Waals surface area contributed by atoms with Gasteiger partial charge in [0.05, 0.1) is 13.2 Å². The first kappa shape index (κ1) is 15.4. The number of benzene rings is 2. The fourth-order valence-corrected chi connectivity index (χ4v) is 2.38. The summed E-state index contributed by atoms with van der Waals surface area (Å²) in [6.07, 6.45) is 0. The van der Waals surface area contributed by atoms with Crippen molar-refractivity contribution in [3.8, 4) is 22.6 Å². The van der Waals surface area contributed by atoms with Crippen molar-refractivity contribution in [2.24, 2.45) is 5.73 Å². The smallest absolute Gasteiger partial charge is 0.161 e. The highest BCUT2D eigenvalue weighted by Gasteiger charge is 2.11. The fourth-order valence-electron chi connectivity index (χ4n) is 2.38. The van der Waals surface area contributed by atoms with Gasteiger partial charge in [0, 0.05) is 6.04 Å². The molecule has 1 atom stereocenters. The zero-order valence-electron chi connectivity index (χ0n) is 12.9. The van der Waals surface area contributed by atoms with E-state index in [1.54, 1.807) is 0 Å². The molecule has 0 aromatic heterocycles. The normalized spacial score (nSPS) is 12.0. The molecule has 2 N–H and O–H groups in total. The molecule has 2 rings (SSSR count). The van der Waals surface area contributed by atoms with Crippen LogP contribution in [0, 0.1) is 0 Å². The van der Waals surface area contributed by atoms with Crippen molar-refractivity contribution in [2.75, 3.05) is 13.2 Å². The molecule has 2 aromatic rings. The maximum Gasteiger partial charge on any atom is 0.161 e. The van der Waals surface area contributed by atoms with E-state index in [9.17, 15) is 0 Å². The van der Waals surface area contributed by atoms with Crippen molar-refractivity contribution in [1.29, 1.82) is 0 Å². The first-order chi connectivity index (χ1) is 10.2. The Morgan fingerprint density at radius 3 is 2.29 bits per heavy atom. The summed E-state index contributed by atoms with van der Waals surface area (Å²) >= 11 is 0. The van der Waals surface area contributed by atoms with Gasteiger partial charge in [-0.25, -0.2) is 0 Å². The summed E-state index contributed by atoms with van der Waals surface area (Å²) in [6, 6.07) is 14.2. The van der Waals surface area contributed by atoms with Crippen LogP contribution >= 0.6 is 0 Å². The molecular weight excluding hydrogens is 262 g/mol. The van der Waals surface area contributed by atoms with Crippen molar-refractivity contribution >= 4 is 0 Å². The molecule has 0 heterocycles. The predicted octanol–water partition coefficient (Wildman–Crippen LogP) is 4.17. The first-order valence-electron chi connectivity index (χ1n) is 7.41. The second-order valence-electron chi connectivity index (χ2n) is 4.90. The lowest BCUT2D eigenvalue weighted by molar-refractivity contribution is 0.288. The minimum absolute atomic E-state index is 0.0108. The fraction of sp³-hybridized carbons (Fsp3) is 0.333. The third-order valence-electron chi connectivity index (χ3n) is 3.31. The van der Waals surface area contributed by atoms with Gasteiger partial charge >= 0.3 is 0 Å². The largest absolute Gasteiger partial charge is 0.490 e. The van der Waals surface area contributed by atoms with Gasteiger partial charge in [-0.15, -0.1) is 0 Å². The predicted molar refractivity (Wildman–Crippen MR) is 86.8 cm³/mol. The Morgan fingerprint density at radius 1 is 0.952 bits per heavy atom. The van der Waals surface area contributed by atoms with Crippen LogP contribution in [-0.2, 0) is 0 Å². The molecule has 0 saturated heterocycles. The highest BCUT2D eigenvalue weighted by molar-refractivity contribution is 5.70. The van der Waals surface area contributed by atoms with Gasteiger partial charge in [-0.3, -0.25) is 0 Å². The minimum Gasteiger partial charge on any atom is -0.490 e. The van der Waals surface area contributed by atoms with Crippen molar-refractivity contribution in [3.63, 3.8) is 0 Å². The maximum absolute atomic E-state index is 6.07. The molecule has 112 valence electrons. The average Bonchev–Trinajstić information content (AvgIpc) is 2.49. The topological polar surface area (TPSA) is 44.5 Å². The minimum atomic E-state index is -0.0108. The molecule has 0 fully saturated rings. The summed E-state index contributed by atoms with van der Waals surface area (Å²) in [5, 5.41) is 0. The highest BCUT2D eigenvalue weighted by atomic mass is 16.5. The molecule has 0 amide bonds. The molecule has 21 heavy (non-hydrogen) atoms. The molecule has 0 aliphatic heterocycles. The quantitative estimate of drug-likeness (QED) is 0.866. The van der Waals surface area contributed by atoms with Crippen LogP contribution in [0.2, 0.25) is 0 Å². The van der Waals surface area contributed by atoms with E-state index in [4.69, 9.17) is 15.2 Å². The Morgan fingerprint density at radius 2 is 1.62 bits per heavy atom. The number of hydrogen-bond donors (Lipinski definition) is 1. The van der Waals surface area contributed by atoms with Gasteiger partial charge < -0.3 is 15.2 Å². The molecule has 0 spiro atoms. The Kier molecular flexibility index (Phi) is 5.23. The monoisotopic (exact) mass is 285 g/mol. The van der Waals surface area contributed by atoms with Crippen LogP contribution in [0.4, 0.5) is 0 Å². The molecular formula is C18H23NO2. The van der Waals surface area contributed by atoms with Crippen molar-refractivity contribution in [3.05, 3.63) is 48.0 Å². The lowest BCUT2D eigenvalue weighted by Crippen LogP contribution is -2.06. The molecule has 0 bridgehead atoms. The zero-order chi connectivity index (χ0) is 15.2.